The number of anilines is 1. The lowest BCUT2D eigenvalue weighted by Gasteiger charge is -2.37. The van der Waals surface area contributed by atoms with Gasteiger partial charge in [-0.3, -0.25) is 4.79 Å². The molecule has 146 valence electrons. The second kappa shape index (κ2) is 8.14. The van der Waals surface area contributed by atoms with Crippen molar-refractivity contribution in [2.45, 2.75) is 17.2 Å². The van der Waals surface area contributed by atoms with Crippen LogP contribution in [0.2, 0.25) is 10.3 Å². The average molecular weight is 437 g/mol. The van der Waals surface area contributed by atoms with Crippen LogP contribution in [0, 0.1) is 0 Å². The number of halogens is 2. The van der Waals surface area contributed by atoms with Crippen LogP contribution in [0.1, 0.15) is 6.92 Å². The van der Waals surface area contributed by atoms with Crippen LogP contribution >= 0.6 is 35.0 Å². The molecule has 0 saturated carbocycles. The number of carbonyl (C=O) groups is 1. The topological polar surface area (TPSA) is 78.0 Å². The van der Waals surface area contributed by atoms with Crippen LogP contribution in [0.4, 0.5) is 5.69 Å². The second-order valence-corrected chi connectivity index (χ2v) is 8.56. The molecule has 1 amide bonds. The number of carbonyl (C=O) groups excluding carboxylic acids is 1. The predicted octanol–water partition coefficient (Wildman–Crippen LogP) is 3.49. The zero-order chi connectivity index (χ0) is 19.7. The van der Waals surface area contributed by atoms with Crippen molar-refractivity contribution >= 4 is 57.7 Å². The summed E-state index contributed by atoms with van der Waals surface area (Å²) in [5, 5.41) is 1.17. The molecule has 1 atom stereocenters. The minimum absolute atomic E-state index is 0.0816. The molecule has 7 nitrogen and oxygen atoms in total. The average Bonchev–Trinajstić information content (AvgIpc) is 3.16. The van der Waals surface area contributed by atoms with E-state index in [0.29, 0.717) is 29.3 Å². The van der Waals surface area contributed by atoms with E-state index in [1.807, 2.05) is 36.1 Å². The van der Waals surface area contributed by atoms with Gasteiger partial charge >= 0.3 is 0 Å². The third-order valence-corrected chi connectivity index (χ3v) is 6.10. The normalized spacial score (nSPS) is 15.8. The summed E-state index contributed by atoms with van der Waals surface area (Å²) in [6.07, 6.45) is 1.54. The quantitative estimate of drug-likeness (QED) is 0.383. The summed E-state index contributed by atoms with van der Waals surface area (Å²) in [5.74, 6) is 0.0816. The van der Waals surface area contributed by atoms with Crippen molar-refractivity contribution in [3.63, 3.8) is 0 Å². The van der Waals surface area contributed by atoms with Gasteiger partial charge in [0, 0.05) is 36.9 Å². The van der Waals surface area contributed by atoms with Crippen LogP contribution in [0.3, 0.4) is 0 Å². The van der Waals surface area contributed by atoms with Gasteiger partial charge in [-0.2, -0.15) is 4.98 Å². The molecule has 1 fully saturated rings. The Labute approximate surface area is 176 Å². The van der Waals surface area contributed by atoms with E-state index in [9.17, 15) is 4.79 Å². The number of thioether (sulfide) groups is 1. The second-order valence-electron chi connectivity index (χ2n) is 6.45. The largest absolute Gasteiger partial charge is 0.368 e. The zero-order valence-electron chi connectivity index (χ0n) is 15.1. The fraction of sp³-hybridized carbons (Fsp3) is 0.333. The number of H-pyrrole nitrogens is 1. The molecule has 1 aliphatic rings. The fourth-order valence-corrected chi connectivity index (χ4v) is 4.59. The van der Waals surface area contributed by atoms with Crippen LogP contribution in [0.15, 0.2) is 35.6 Å². The molecule has 0 radical (unpaired) electrons. The molecule has 0 bridgehead atoms. The molecule has 4 rings (SSSR count). The molecule has 0 unspecified atom stereocenters. The Morgan fingerprint density at radius 3 is 2.75 bits per heavy atom. The first-order valence-electron chi connectivity index (χ1n) is 8.84. The molecule has 3 heterocycles. The summed E-state index contributed by atoms with van der Waals surface area (Å²) in [6, 6.07) is 7.79. The van der Waals surface area contributed by atoms with Gasteiger partial charge in [0.25, 0.3) is 0 Å². The van der Waals surface area contributed by atoms with E-state index in [0.717, 1.165) is 23.8 Å². The summed E-state index contributed by atoms with van der Waals surface area (Å²) in [7, 11) is 0. The van der Waals surface area contributed by atoms with E-state index in [4.69, 9.17) is 23.2 Å². The van der Waals surface area contributed by atoms with Crippen LogP contribution in [0.5, 0.6) is 0 Å². The van der Waals surface area contributed by atoms with E-state index < -0.39 is 0 Å². The van der Waals surface area contributed by atoms with Crippen LogP contribution in [0.25, 0.3) is 11.2 Å². The van der Waals surface area contributed by atoms with Crippen molar-refractivity contribution in [1.82, 2.24) is 24.8 Å². The molecule has 1 saturated heterocycles. The highest BCUT2D eigenvalue weighted by Gasteiger charge is 2.27. The number of amides is 1. The minimum Gasteiger partial charge on any atom is -0.368 e. The zero-order valence-corrected chi connectivity index (χ0v) is 17.4. The Morgan fingerprint density at radius 2 is 2.00 bits per heavy atom. The first kappa shape index (κ1) is 19.3. The van der Waals surface area contributed by atoms with Gasteiger partial charge in [0.2, 0.25) is 11.2 Å². The van der Waals surface area contributed by atoms with E-state index in [-0.39, 0.29) is 16.4 Å². The Morgan fingerprint density at radius 1 is 1.21 bits per heavy atom. The van der Waals surface area contributed by atoms with Crippen molar-refractivity contribution < 1.29 is 4.79 Å². The number of imidazole rings is 1. The van der Waals surface area contributed by atoms with Crippen molar-refractivity contribution in [3.05, 3.63) is 40.9 Å². The summed E-state index contributed by atoms with van der Waals surface area (Å²) in [6.45, 7) is 4.76. The minimum atomic E-state index is -0.296. The third kappa shape index (κ3) is 4.04. The maximum atomic E-state index is 12.9. The molecule has 28 heavy (non-hydrogen) atoms. The molecule has 10 heteroatoms. The number of nitrogens with one attached hydrogen (secondary N) is 1. The van der Waals surface area contributed by atoms with Gasteiger partial charge in [0.05, 0.1) is 11.6 Å². The van der Waals surface area contributed by atoms with Crippen molar-refractivity contribution in [1.29, 1.82) is 0 Å². The van der Waals surface area contributed by atoms with Gasteiger partial charge in [0.15, 0.2) is 5.65 Å². The van der Waals surface area contributed by atoms with Gasteiger partial charge in [-0.15, -0.1) is 0 Å². The number of piperazine rings is 1. The monoisotopic (exact) mass is 436 g/mol. The molecule has 1 aliphatic heterocycles. The molecule has 0 aliphatic carbocycles. The van der Waals surface area contributed by atoms with Crippen molar-refractivity contribution in [2.24, 2.45) is 0 Å². The van der Waals surface area contributed by atoms with Crippen molar-refractivity contribution in [2.75, 3.05) is 31.1 Å². The summed E-state index contributed by atoms with van der Waals surface area (Å²) in [5.41, 5.74) is 2.27. The standard InChI is InChI=1S/C18H18Cl2N6OS/c1-11(28-16-14-15(22-10-21-14)23-18(20)24-16)17(27)26-7-5-25(6-8-26)13-4-2-3-12(19)9-13/h2-4,9-11H,5-8H2,1H3,(H,21,22,23,24)/t11-/m1/s1. The van der Waals surface area contributed by atoms with Gasteiger partial charge in [-0.25, -0.2) is 9.97 Å². The molecule has 1 N–H and O–H groups in total. The highest BCUT2D eigenvalue weighted by molar-refractivity contribution is 8.00. The maximum Gasteiger partial charge on any atom is 0.235 e. The molecular weight excluding hydrogens is 419 g/mol. The Bertz CT molecular complexity index is 1000. The maximum absolute atomic E-state index is 12.9. The fourth-order valence-electron chi connectivity index (χ4n) is 3.20. The van der Waals surface area contributed by atoms with Crippen molar-refractivity contribution in [3.8, 4) is 0 Å². The molecule has 1 aromatic carbocycles. The van der Waals surface area contributed by atoms with Crippen LogP contribution in [-0.4, -0.2) is 62.2 Å². The number of fused-ring (bicyclic) bond motifs is 1. The van der Waals surface area contributed by atoms with Crippen LogP contribution < -0.4 is 4.90 Å². The summed E-state index contributed by atoms with van der Waals surface area (Å²) in [4.78, 5) is 32.5. The number of rotatable bonds is 4. The van der Waals surface area contributed by atoms with E-state index in [1.54, 1.807) is 6.33 Å². The number of hydrogen-bond acceptors (Lipinski definition) is 6. The molecular formula is C18H18Cl2N6OS. The molecule has 3 aromatic rings. The molecule has 2 aromatic heterocycles. The first-order valence-corrected chi connectivity index (χ1v) is 10.5. The van der Waals surface area contributed by atoms with E-state index in [2.05, 4.69) is 24.8 Å². The van der Waals surface area contributed by atoms with E-state index in [1.165, 1.54) is 11.8 Å². The Kier molecular flexibility index (Phi) is 5.61. The highest BCUT2D eigenvalue weighted by Crippen LogP contribution is 2.29. The third-order valence-electron chi connectivity index (χ3n) is 4.63. The molecule has 0 spiro atoms. The van der Waals surface area contributed by atoms with Gasteiger partial charge in [0.1, 0.15) is 10.5 Å². The Balaban J connectivity index is 1.40. The summed E-state index contributed by atoms with van der Waals surface area (Å²) >= 11 is 13.4. The lowest BCUT2D eigenvalue weighted by molar-refractivity contribution is -0.130. The number of hydrogen-bond donors (Lipinski definition) is 1. The Hall–Kier alpha value is -2.03. The highest BCUT2D eigenvalue weighted by atomic mass is 35.5. The lowest BCUT2D eigenvalue weighted by Crippen LogP contribution is -2.50. The lowest BCUT2D eigenvalue weighted by atomic mass is 10.2. The summed E-state index contributed by atoms with van der Waals surface area (Å²) < 4.78 is 0. The van der Waals surface area contributed by atoms with E-state index >= 15 is 0 Å². The van der Waals surface area contributed by atoms with Gasteiger partial charge < -0.3 is 14.8 Å². The number of aromatic nitrogens is 4. The smallest absolute Gasteiger partial charge is 0.235 e. The predicted molar refractivity (Wildman–Crippen MR) is 112 cm³/mol. The van der Waals surface area contributed by atoms with Gasteiger partial charge in [-0.05, 0) is 36.7 Å². The number of nitrogens with zero attached hydrogens (tertiary/aromatic N) is 5. The van der Waals surface area contributed by atoms with Gasteiger partial charge in [-0.1, -0.05) is 29.4 Å². The first-order chi connectivity index (χ1) is 13.5. The van der Waals surface area contributed by atoms with Crippen LogP contribution in [-0.2, 0) is 4.79 Å². The SMILES string of the molecule is C[C@@H](Sc1nc(Cl)nc2nc[nH]c12)C(=O)N1CCN(c2cccc(Cl)c2)CC1. The number of benzene rings is 1. The number of aromatic amines is 1.